The molecule has 6 heteroatoms. The van der Waals surface area contributed by atoms with E-state index in [1.807, 2.05) is 19.1 Å². The molecule has 2 rings (SSSR count). The lowest BCUT2D eigenvalue weighted by molar-refractivity contribution is 0.0954. The SMILES string of the molecule is Cc1ncsc1C(=O)NCc1ccc(C#CCO)s1. The Kier molecular flexibility index (Phi) is 4.68. The second-order valence-electron chi connectivity index (χ2n) is 3.68. The van der Waals surface area contributed by atoms with E-state index in [1.54, 1.807) is 5.51 Å². The highest BCUT2D eigenvalue weighted by atomic mass is 32.1. The summed E-state index contributed by atoms with van der Waals surface area (Å²) in [6, 6.07) is 3.80. The number of aliphatic hydroxyl groups is 1. The summed E-state index contributed by atoms with van der Waals surface area (Å²) in [4.78, 5) is 18.5. The van der Waals surface area contributed by atoms with Gasteiger partial charge in [0.1, 0.15) is 11.5 Å². The van der Waals surface area contributed by atoms with Crippen molar-refractivity contribution >= 4 is 28.6 Å². The molecule has 0 radical (unpaired) electrons. The van der Waals surface area contributed by atoms with Crippen LogP contribution in [0.4, 0.5) is 0 Å². The van der Waals surface area contributed by atoms with Crippen LogP contribution in [0, 0.1) is 18.8 Å². The van der Waals surface area contributed by atoms with Gasteiger partial charge in [-0.25, -0.2) is 4.98 Å². The van der Waals surface area contributed by atoms with Crippen LogP contribution in [0.25, 0.3) is 0 Å². The molecule has 0 aromatic carbocycles. The third-order valence-corrected chi connectivity index (χ3v) is 4.26. The van der Waals surface area contributed by atoms with E-state index in [0.29, 0.717) is 11.4 Å². The Labute approximate surface area is 119 Å². The fourth-order valence-corrected chi connectivity index (χ4v) is 2.98. The quantitative estimate of drug-likeness (QED) is 0.848. The first-order chi connectivity index (χ1) is 9.20. The van der Waals surface area contributed by atoms with Crippen LogP contribution in [0.2, 0.25) is 0 Å². The van der Waals surface area contributed by atoms with E-state index < -0.39 is 0 Å². The minimum atomic E-state index is -0.144. The fourth-order valence-electron chi connectivity index (χ4n) is 1.43. The van der Waals surface area contributed by atoms with Gasteiger partial charge >= 0.3 is 0 Å². The molecule has 0 atom stereocenters. The van der Waals surface area contributed by atoms with E-state index in [4.69, 9.17) is 5.11 Å². The van der Waals surface area contributed by atoms with Gasteiger partial charge < -0.3 is 10.4 Å². The largest absolute Gasteiger partial charge is 0.384 e. The molecule has 0 aliphatic carbocycles. The number of rotatable bonds is 3. The van der Waals surface area contributed by atoms with Gasteiger partial charge in [-0.2, -0.15) is 0 Å². The Morgan fingerprint density at radius 2 is 2.37 bits per heavy atom. The molecule has 0 bridgehead atoms. The number of carbonyl (C=O) groups is 1. The molecule has 0 unspecified atom stereocenters. The third kappa shape index (κ3) is 3.64. The standard InChI is InChI=1S/C13H12N2O2S2/c1-9-12(18-8-15-9)13(17)14-7-11-5-4-10(19-11)3-2-6-16/h4-5,8,16H,6-7H2,1H3,(H,14,17). The Hall–Kier alpha value is -1.68. The molecule has 4 nitrogen and oxygen atoms in total. The summed E-state index contributed by atoms with van der Waals surface area (Å²) < 4.78 is 0. The zero-order valence-corrected chi connectivity index (χ0v) is 11.9. The van der Waals surface area contributed by atoms with Crippen molar-refractivity contribution in [2.75, 3.05) is 6.61 Å². The molecule has 2 aromatic heterocycles. The van der Waals surface area contributed by atoms with E-state index in [0.717, 1.165) is 15.4 Å². The lowest BCUT2D eigenvalue weighted by Gasteiger charge is -2.01. The van der Waals surface area contributed by atoms with Crippen LogP contribution < -0.4 is 5.32 Å². The van der Waals surface area contributed by atoms with Crippen molar-refractivity contribution in [1.29, 1.82) is 0 Å². The lowest BCUT2D eigenvalue weighted by atomic mass is 10.3. The maximum atomic E-state index is 11.9. The van der Waals surface area contributed by atoms with E-state index in [2.05, 4.69) is 22.1 Å². The average molecular weight is 292 g/mol. The van der Waals surface area contributed by atoms with Gasteiger partial charge in [-0.1, -0.05) is 11.8 Å². The van der Waals surface area contributed by atoms with Gasteiger partial charge in [-0.3, -0.25) is 4.79 Å². The van der Waals surface area contributed by atoms with Gasteiger partial charge in [0.2, 0.25) is 0 Å². The Bertz CT molecular complexity index is 634. The molecule has 1 amide bonds. The van der Waals surface area contributed by atoms with Crippen molar-refractivity contribution < 1.29 is 9.90 Å². The highest BCUT2D eigenvalue weighted by Gasteiger charge is 2.11. The van der Waals surface area contributed by atoms with Crippen LogP contribution in [0.3, 0.4) is 0 Å². The van der Waals surface area contributed by atoms with Crippen molar-refractivity contribution in [1.82, 2.24) is 10.3 Å². The summed E-state index contributed by atoms with van der Waals surface area (Å²) in [6.07, 6.45) is 0. The molecule has 0 spiro atoms. The first-order valence-electron chi connectivity index (χ1n) is 5.57. The van der Waals surface area contributed by atoms with Crippen LogP contribution in [0.1, 0.15) is 25.1 Å². The summed E-state index contributed by atoms with van der Waals surface area (Å²) in [7, 11) is 0. The summed E-state index contributed by atoms with van der Waals surface area (Å²) in [5.74, 6) is 5.33. The number of thiazole rings is 1. The normalized spacial score (nSPS) is 9.79. The topological polar surface area (TPSA) is 62.2 Å². The minimum absolute atomic E-state index is 0.101. The smallest absolute Gasteiger partial charge is 0.263 e. The van der Waals surface area contributed by atoms with E-state index in [-0.39, 0.29) is 12.5 Å². The number of hydrogen-bond donors (Lipinski definition) is 2. The van der Waals surface area contributed by atoms with Crippen LogP contribution >= 0.6 is 22.7 Å². The number of amides is 1. The third-order valence-electron chi connectivity index (χ3n) is 2.33. The van der Waals surface area contributed by atoms with Crippen LogP contribution in [0.15, 0.2) is 17.6 Å². The molecule has 0 saturated carbocycles. The van der Waals surface area contributed by atoms with Crippen LogP contribution in [0.5, 0.6) is 0 Å². The molecule has 0 saturated heterocycles. The van der Waals surface area contributed by atoms with E-state index >= 15 is 0 Å². The van der Waals surface area contributed by atoms with E-state index in [1.165, 1.54) is 22.7 Å². The van der Waals surface area contributed by atoms with Crippen molar-refractivity contribution in [2.24, 2.45) is 0 Å². The zero-order chi connectivity index (χ0) is 13.7. The second-order valence-corrected chi connectivity index (χ2v) is 5.70. The maximum Gasteiger partial charge on any atom is 0.263 e. The molecular weight excluding hydrogens is 280 g/mol. The lowest BCUT2D eigenvalue weighted by Crippen LogP contribution is -2.22. The minimum Gasteiger partial charge on any atom is -0.384 e. The number of nitrogens with zero attached hydrogens (tertiary/aromatic N) is 1. The maximum absolute atomic E-state index is 11.9. The van der Waals surface area contributed by atoms with Gasteiger partial charge in [-0.05, 0) is 19.1 Å². The summed E-state index contributed by atoms with van der Waals surface area (Å²) >= 11 is 2.84. The Morgan fingerprint density at radius 1 is 1.53 bits per heavy atom. The second kappa shape index (κ2) is 6.48. The number of nitrogens with one attached hydrogen (secondary N) is 1. The number of aryl methyl sites for hydroxylation is 1. The highest BCUT2D eigenvalue weighted by Crippen LogP contribution is 2.16. The predicted octanol–water partition coefficient (Wildman–Crippen LogP) is 1.79. The van der Waals surface area contributed by atoms with Gasteiger partial charge in [-0.15, -0.1) is 22.7 Å². The molecule has 2 N–H and O–H groups in total. The molecular formula is C13H12N2O2S2. The molecule has 0 aliphatic rings. The van der Waals surface area contributed by atoms with Gasteiger partial charge in [0.15, 0.2) is 0 Å². The number of aromatic nitrogens is 1. The van der Waals surface area contributed by atoms with Crippen molar-refractivity contribution in [3.8, 4) is 11.8 Å². The molecule has 0 aliphatic heterocycles. The molecule has 2 aromatic rings. The average Bonchev–Trinajstić information content (AvgIpc) is 3.02. The predicted molar refractivity (Wildman–Crippen MR) is 76.3 cm³/mol. The van der Waals surface area contributed by atoms with Crippen molar-refractivity contribution in [2.45, 2.75) is 13.5 Å². The highest BCUT2D eigenvalue weighted by molar-refractivity contribution is 7.12. The zero-order valence-electron chi connectivity index (χ0n) is 10.3. The monoisotopic (exact) mass is 292 g/mol. The fraction of sp³-hybridized carbons (Fsp3) is 0.231. The molecule has 19 heavy (non-hydrogen) atoms. The number of thiophene rings is 1. The van der Waals surface area contributed by atoms with Crippen LogP contribution in [-0.4, -0.2) is 22.6 Å². The number of aliphatic hydroxyl groups excluding tert-OH is 1. The number of carbonyl (C=O) groups excluding carboxylic acids is 1. The summed E-state index contributed by atoms with van der Waals surface area (Å²) in [5, 5.41) is 11.5. The summed E-state index contributed by atoms with van der Waals surface area (Å²) in [5.41, 5.74) is 2.42. The molecule has 2 heterocycles. The Morgan fingerprint density at radius 3 is 3.05 bits per heavy atom. The van der Waals surface area contributed by atoms with Crippen LogP contribution in [-0.2, 0) is 6.54 Å². The summed E-state index contributed by atoms with van der Waals surface area (Å²) in [6.45, 7) is 2.15. The molecule has 98 valence electrons. The molecule has 0 fully saturated rings. The number of hydrogen-bond acceptors (Lipinski definition) is 5. The van der Waals surface area contributed by atoms with Gasteiger partial charge in [0, 0.05) is 4.88 Å². The first kappa shape index (κ1) is 13.7. The van der Waals surface area contributed by atoms with Gasteiger partial charge in [0.05, 0.1) is 22.6 Å². The first-order valence-corrected chi connectivity index (χ1v) is 7.27. The van der Waals surface area contributed by atoms with Crippen molar-refractivity contribution in [3.63, 3.8) is 0 Å². The van der Waals surface area contributed by atoms with E-state index in [9.17, 15) is 4.79 Å². The van der Waals surface area contributed by atoms with Gasteiger partial charge in [0.25, 0.3) is 5.91 Å². The van der Waals surface area contributed by atoms with Crippen molar-refractivity contribution in [3.05, 3.63) is 38.0 Å². The Balaban J connectivity index is 1.94.